The van der Waals surface area contributed by atoms with Gasteiger partial charge < -0.3 is 14.6 Å². The van der Waals surface area contributed by atoms with Crippen LogP contribution in [0, 0.1) is 11.8 Å². The van der Waals surface area contributed by atoms with E-state index in [2.05, 4.69) is 10.3 Å². The van der Waals surface area contributed by atoms with Crippen molar-refractivity contribution in [3.8, 4) is 0 Å². The lowest BCUT2D eigenvalue weighted by Gasteiger charge is -2.23. The quantitative estimate of drug-likeness (QED) is 0.236. The van der Waals surface area contributed by atoms with E-state index in [-0.39, 0.29) is 6.61 Å². The number of anilines is 1. The molecular formula is C26H26N2O7. The maximum Gasteiger partial charge on any atom is 0.412 e. The van der Waals surface area contributed by atoms with Crippen molar-refractivity contribution in [1.82, 2.24) is 0 Å². The number of hydrogen-bond acceptors (Lipinski definition) is 7. The molecule has 2 aromatic carbocycles. The highest BCUT2D eigenvalue weighted by Gasteiger charge is 2.34. The summed E-state index contributed by atoms with van der Waals surface area (Å²) in [5, 5.41) is 11.9. The number of aliphatic imine (C=N–C) groups is 1. The van der Waals surface area contributed by atoms with E-state index in [9.17, 15) is 24.3 Å². The molecule has 3 atom stereocenters. The van der Waals surface area contributed by atoms with Crippen LogP contribution in [0.2, 0.25) is 0 Å². The van der Waals surface area contributed by atoms with Gasteiger partial charge in [0.25, 0.3) is 0 Å². The number of aliphatic carboxylic acids is 1. The molecule has 0 aliphatic heterocycles. The Morgan fingerprint density at radius 3 is 2.40 bits per heavy atom. The molecule has 3 rings (SSSR count). The minimum absolute atomic E-state index is 0.182. The zero-order valence-corrected chi connectivity index (χ0v) is 19.2. The zero-order chi connectivity index (χ0) is 25.2. The van der Waals surface area contributed by atoms with Crippen molar-refractivity contribution in [2.24, 2.45) is 16.8 Å². The molecule has 3 unspecified atom stereocenters. The van der Waals surface area contributed by atoms with Gasteiger partial charge in [0.1, 0.15) is 12.7 Å². The second kappa shape index (κ2) is 12.3. The van der Waals surface area contributed by atoms with Crippen molar-refractivity contribution in [1.29, 1.82) is 0 Å². The molecule has 9 heteroatoms. The number of allylic oxidation sites excluding steroid dienone is 1. The van der Waals surface area contributed by atoms with Gasteiger partial charge in [-0.3, -0.25) is 14.9 Å². The van der Waals surface area contributed by atoms with Crippen molar-refractivity contribution >= 4 is 35.5 Å². The molecule has 1 amide bonds. The van der Waals surface area contributed by atoms with Crippen LogP contribution in [0.5, 0.6) is 0 Å². The smallest absolute Gasteiger partial charge is 0.412 e. The van der Waals surface area contributed by atoms with Crippen molar-refractivity contribution in [3.63, 3.8) is 0 Å². The largest absolute Gasteiger partial charge is 0.481 e. The number of isocyanates is 1. The van der Waals surface area contributed by atoms with Crippen molar-refractivity contribution in [3.05, 3.63) is 71.8 Å². The predicted octanol–water partition coefficient (Wildman–Crippen LogP) is 4.39. The number of carbonyl (C=O) groups excluding carboxylic acids is 3. The second-order valence-electron chi connectivity index (χ2n) is 8.19. The number of rotatable bonds is 9. The first-order valence-electron chi connectivity index (χ1n) is 11.1. The molecule has 35 heavy (non-hydrogen) atoms. The van der Waals surface area contributed by atoms with E-state index in [0.29, 0.717) is 30.6 Å². The van der Waals surface area contributed by atoms with E-state index in [1.807, 2.05) is 24.3 Å². The van der Waals surface area contributed by atoms with Crippen LogP contribution in [0.1, 0.15) is 30.9 Å². The third kappa shape index (κ3) is 7.65. The molecule has 0 radical (unpaired) electrons. The topological polar surface area (TPSA) is 131 Å². The van der Waals surface area contributed by atoms with E-state index >= 15 is 0 Å². The molecule has 1 aliphatic carbocycles. The number of hydrogen-bond donors (Lipinski definition) is 2. The maximum atomic E-state index is 12.3. The molecule has 2 aromatic rings. The summed E-state index contributed by atoms with van der Waals surface area (Å²) in [5.74, 6) is -3.34. The highest BCUT2D eigenvalue weighted by atomic mass is 16.6. The first-order valence-corrected chi connectivity index (χ1v) is 11.1. The van der Waals surface area contributed by atoms with Crippen LogP contribution in [0.4, 0.5) is 16.2 Å². The Balaban J connectivity index is 1.44. The van der Waals surface area contributed by atoms with Gasteiger partial charge >= 0.3 is 18.0 Å². The van der Waals surface area contributed by atoms with E-state index < -0.39 is 36.0 Å². The minimum atomic E-state index is -1.03. The molecule has 2 N–H and O–H groups in total. The molecule has 0 saturated heterocycles. The van der Waals surface area contributed by atoms with Crippen molar-refractivity contribution in [2.75, 3.05) is 11.9 Å². The van der Waals surface area contributed by atoms with Crippen LogP contribution < -0.4 is 5.32 Å². The summed E-state index contributed by atoms with van der Waals surface area (Å²) < 4.78 is 10.4. The third-order valence-electron chi connectivity index (χ3n) is 5.50. The molecule has 182 valence electrons. The Morgan fingerprint density at radius 2 is 1.77 bits per heavy atom. The van der Waals surface area contributed by atoms with Gasteiger partial charge in [0.05, 0.1) is 17.5 Å². The maximum absolute atomic E-state index is 12.3. The first-order chi connectivity index (χ1) is 16.9. The van der Waals surface area contributed by atoms with E-state index in [4.69, 9.17) is 9.47 Å². The van der Waals surface area contributed by atoms with Crippen LogP contribution in [0.3, 0.4) is 0 Å². The number of esters is 1. The molecule has 0 saturated carbocycles. The number of amides is 1. The number of carbonyl (C=O) groups is 3. The SMILES string of the molecule is CC(COC(=O)C1C=CCCC1C(=O)O)OC(=O)Nc1ccc(Cc2ccc(N=C=O)cc2)cc1. The second-order valence-corrected chi connectivity index (χ2v) is 8.19. The third-order valence-corrected chi connectivity index (χ3v) is 5.50. The normalized spacial score (nSPS) is 17.5. The summed E-state index contributed by atoms with van der Waals surface area (Å²) in [6, 6.07) is 14.5. The van der Waals surface area contributed by atoms with Gasteiger partial charge in [-0.15, -0.1) is 0 Å². The molecule has 0 bridgehead atoms. The van der Waals surface area contributed by atoms with Gasteiger partial charge in [0.15, 0.2) is 0 Å². The van der Waals surface area contributed by atoms with Crippen LogP contribution >= 0.6 is 0 Å². The lowest BCUT2D eigenvalue weighted by atomic mass is 9.84. The molecular weight excluding hydrogens is 452 g/mol. The van der Waals surface area contributed by atoms with Crippen LogP contribution in [-0.2, 0) is 30.3 Å². The predicted molar refractivity (Wildman–Crippen MR) is 127 cm³/mol. The molecule has 0 heterocycles. The molecule has 9 nitrogen and oxygen atoms in total. The summed E-state index contributed by atoms with van der Waals surface area (Å²) in [6.07, 6.45) is 5.05. The fraction of sp³-hybridized carbons (Fsp3) is 0.308. The lowest BCUT2D eigenvalue weighted by molar-refractivity contribution is -0.157. The number of carboxylic acids is 1. The summed E-state index contributed by atoms with van der Waals surface area (Å²) in [7, 11) is 0. The highest BCUT2D eigenvalue weighted by molar-refractivity contribution is 5.85. The van der Waals surface area contributed by atoms with E-state index in [1.54, 1.807) is 43.3 Å². The minimum Gasteiger partial charge on any atom is -0.481 e. The fourth-order valence-corrected chi connectivity index (χ4v) is 3.69. The Bertz CT molecular complexity index is 1120. The van der Waals surface area contributed by atoms with Gasteiger partial charge in [0, 0.05) is 5.69 Å². The number of carboxylic acid groups (broad SMARTS) is 1. The van der Waals surface area contributed by atoms with Crippen LogP contribution in [0.15, 0.2) is 65.7 Å². The number of benzene rings is 2. The first kappa shape index (κ1) is 25.4. The average Bonchev–Trinajstić information content (AvgIpc) is 2.85. The Kier molecular flexibility index (Phi) is 8.92. The van der Waals surface area contributed by atoms with Gasteiger partial charge in [-0.25, -0.2) is 9.59 Å². The molecule has 0 aromatic heterocycles. The summed E-state index contributed by atoms with van der Waals surface area (Å²) in [4.78, 5) is 49.7. The highest BCUT2D eigenvalue weighted by Crippen LogP contribution is 2.26. The average molecular weight is 479 g/mol. The summed E-state index contributed by atoms with van der Waals surface area (Å²) in [5.41, 5.74) is 3.14. The standard InChI is InChI=1S/C26H26N2O7/c1-17(15-34-25(32)23-5-3-2-4-22(23)24(30)31)35-26(33)28-21-12-8-19(9-13-21)14-18-6-10-20(11-7-18)27-16-29/h3,5-13,17,22-23H,2,4,14-15H2,1H3,(H,28,33)(H,30,31). The Labute approximate surface area is 202 Å². The number of ether oxygens (including phenoxy) is 2. The van der Waals surface area contributed by atoms with E-state index in [0.717, 1.165) is 11.1 Å². The number of nitrogens with one attached hydrogen (secondary N) is 1. The van der Waals surface area contributed by atoms with Gasteiger partial charge in [-0.2, -0.15) is 4.99 Å². The Hall–Kier alpha value is -4.23. The van der Waals surface area contributed by atoms with Gasteiger partial charge in [-0.05, 0) is 61.6 Å². The fourth-order valence-electron chi connectivity index (χ4n) is 3.69. The summed E-state index contributed by atoms with van der Waals surface area (Å²) in [6.45, 7) is 1.39. The lowest BCUT2D eigenvalue weighted by Crippen LogP contribution is -2.33. The van der Waals surface area contributed by atoms with Crippen molar-refractivity contribution < 1.29 is 33.8 Å². The molecule has 1 aliphatic rings. The van der Waals surface area contributed by atoms with Crippen LogP contribution in [0.25, 0.3) is 0 Å². The monoisotopic (exact) mass is 478 g/mol. The summed E-state index contributed by atoms with van der Waals surface area (Å²) >= 11 is 0. The molecule has 0 fully saturated rings. The van der Waals surface area contributed by atoms with E-state index in [1.165, 1.54) is 6.08 Å². The van der Waals surface area contributed by atoms with Gasteiger partial charge in [0.2, 0.25) is 6.08 Å². The van der Waals surface area contributed by atoms with Gasteiger partial charge in [-0.1, -0.05) is 36.4 Å². The number of nitrogens with zero attached hydrogens (tertiary/aromatic N) is 1. The zero-order valence-electron chi connectivity index (χ0n) is 19.2. The van der Waals surface area contributed by atoms with Crippen molar-refractivity contribution in [2.45, 2.75) is 32.3 Å². The van der Waals surface area contributed by atoms with Crippen LogP contribution in [-0.4, -0.2) is 41.9 Å². The Morgan fingerprint density at radius 1 is 1.11 bits per heavy atom. The molecule has 0 spiro atoms.